The highest BCUT2D eigenvalue weighted by molar-refractivity contribution is 8.01. The Labute approximate surface area is 143 Å². The smallest absolute Gasteiger partial charge is 0.230 e. The van der Waals surface area contributed by atoms with Crippen molar-refractivity contribution in [1.82, 2.24) is 15.5 Å². The zero-order chi connectivity index (χ0) is 16.1. The minimum absolute atomic E-state index is 0.0344. The number of amides is 1. The number of anilines is 1. The number of benzene rings is 1. The van der Waals surface area contributed by atoms with E-state index in [1.165, 1.54) is 35.9 Å². The number of hydrogen-bond acceptors (Lipinski definition) is 7. The number of carbonyl (C=O) groups excluding carboxylic acids is 1. The van der Waals surface area contributed by atoms with Crippen molar-refractivity contribution in [3.63, 3.8) is 0 Å². The molecule has 2 N–H and O–H groups in total. The van der Waals surface area contributed by atoms with Gasteiger partial charge in [0.1, 0.15) is 5.75 Å². The largest absolute Gasteiger partial charge is 0.496 e. The Kier molecular flexibility index (Phi) is 5.35. The third-order valence-corrected chi connectivity index (χ3v) is 5.29. The van der Waals surface area contributed by atoms with Gasteiger partial charge in [0.25, 0.3) is 0 Å². The van der Waals surface area contributed by atoms with Crippen LogP contribution in [0.25, 0.3) is 0 Å². The Balaban J connectivity index is 1.43. The zero-order valence-electron chi connectivity index (χ0n) is 12.7. The molecule has 3 rings (SSSR count). The van der Waals surface area contributed by atoms with Crippen molar-refractivity contribution in [1.29, 1.82) is 0 Å². The van der Waals surface area contributed by atoms with Crippen molar-refractivity contribution in [2.24, 2.45) is 0 Å². The Morgan fingerprint density at radius 3 is 3.00 bits per heavy atom. The molecule has 6 nitrogen and oxygen atoms in total. The molecule has 1 fully saturated rings. The molecule has 1 aromatic carbocycles. The van der Waals surface area contributed by atoms with Gasteiger partial charge >= 0.3 is 0 Å². The number of nitrogens with zero attached hydrogens (tertiary/aromatic N) is 2. The lowest BCUT2D eigenvalue weighted by Crippen LogP contribution is -2.24. The summed E-state index contributed by atoms with van der Waals surface area (Å²) in [5.74, 6) is 1.07. The lowest BCUT2D eigenvalue weighted by Gasteiger charge is -2.09. The summed E-state index contributed by atoms with van der Waals surface area (Å²) in [5, 5.41) is 15.2. The maximum atomic E-state index is 12.0. The second kappa shape index (κ2) is 7.65. The van der Waals surface area contributed by atoms with Crippen molar-refractivity contribution < 1.29 is 9.53 Å². The molecule has 0 atom stereocenters. The molecule has 0 unspecified atom stereocenters. The molecule has 0 radical (unpaired) electrons. The fourth-order valence-electron chi connectivity index (χ4n) is 1.95. The minimum atomic E-state index is -0.0344. The highest BCUT2D eigenvalue weighted by Crippen LogP contribution is 2.30. The maximum absolute atomic E-state index is 12.0. The van der Waals surface area contributed by atoms with Crippen LogP contribution in [0.2, 0.25) is 0 Å². The Hall–Kier alpha value is -1.80. The first-order chi connectivity index (χ1) is 11.2. The molecule has 1 heterocycles. The highest BCUT2D eigenvalue weighted by atomic mass is 32.2. The standard InChI is InChI=1S/C15H18N4O2S2/c1-21-12-5-3-2-4-10(12)8-16-13(20)9-22-15-19-18-14(23-15)17-11-6-7-11/h2-5,11H,6-9H2,1H3,(H,16,20)(H,17,18). The van der Waals surface area contributed by atoms with E-state index < -0.39 is 0 Å². The van der Waals surface area contributed by atoms with Crippen molar-refractivity contribution in [3.05, 3.63) is 29.8 Å². The average molecular weight is 350 g/mol. The normalized spacial score (nSPS) is 13.6. The molecule has 0 spiro atoms. The van der Waals surface area contributed by atoms with E-state index in [0.717, 1.165) is 20.8 Å². The summed E-state index contributed by atoms with van der Waals surface area (Å²) in [6.45, 7) is 0.452. The number of ether oxygens (including phenoxy) is 1. The van der Waals surface area contributed by atoms with Gasteiger partial charge in [0.05, 0.1) is 12.9 Å². The summed E-state index contributed by atoms with van der Waals surface area (Å²) in [6, 6.07) is 8.21. The van der Waals surface area contributed by atoms with Crippen LogP contribution in [0, 0.1) is 0 Å². The SMILES string of the molecule is COc1ccccc1CNC(=O)CSc1nnc(NC2CC2)s1. The summed E-state index contributed by atoms with van der Waals surface area (Å²) >= 11 is 2.90. The summed E-state index contributed by atoms with van der Waals surface area (Å²) in [4.78, 5) is 12.0. The van der Waals surface area contributed by atoms with Crippen LogP contribution in [-0.4, -0.2) is 35.0 Å². The van der Waals surface area contributed by atoms with E-state index in [-0.39, 0.29) is 5.91 Å². The molecule has 0 bridgehead atoms. The fourth-order valence-corrected chi connectivity index (χ4v) is 3.61. The van der Waals surface area contributed by atoms with Gasteiger partial charge in [0.15, 0.2) is 4.34 Å². The van der Waals surface area contributed by atoms with Crippen LogP contribution in [0.5, 0.6) is 5.75 Å². The molecular formula is C15H18N4O2S2. The number of para-hydroxylation sites is 1. The molecule has 0 saturated heterocycles. The highest BCUT2D eigenvalue weighted by Gasteiger charge is 2.22. The van der Waals surface area contributed by atoms with Gasteiger partial charge in [0, 0.05) is 18.2 Å². The molecule has 1 amide bonds. The third kappa shape index (κ3) is 4.84. The predicted octanol–water partition coefficient (Wildman–Crippen LogP) is 2.53. The van der Waals surface area contributed by atoms with Gasteiger partial charge in [-0.15, -0.1) is 10.2 Å². The van der Waals surface area contributed by atoms with Gasteiger partial charge in [0.2, 0.25) is 11.0 Å². The van der Waals surface area contributed by atoms with Crippen molar-refractivity contribution in [2.45, 2.75) is 29.8 Å². The van der Waals surface area contributed by atoms with Gasteiger partial charge in [-0.2, -0.15) is 0 Å². The number of rotatable bonds is 8. The van der Waals surface area contributed by atoms with E-state index in [4.69, 9.17) is 4.74 Å². The number of methoxy groups -OCH3 is 1. The lowest BCUT2D eigenvalue weighted by molar-refractivity contribution is -0.118. The number of aromatic nitrogens is 2. The molecule has 2 aromatic rings. The van der Waals surface area contributed by atoms with E-state index in [9.17, 15) is 4.79 Å². The van der Waals surface area contributed by atoms with Gasteiger partial charge < -0.3 is 15.4 Å². The number of nitrogens with one attached hydrogen (secondary N) is 2. The summed E-state index contributed by atoms with van der Waals surface area (Å²) in [7, 11) is 1.62. The molecule has 1 aliphatic rings. The summed E-state index contributed by atoms with van der Waals surface area (Å²) < 4.78 is 6.07. The average Bonchev–Trinajstić information content (AvgIpc) is 3.27. The summed E-state index contributed by atoms with van der Waals surface area (Å²) in [6.07, 6.45) is 2.40. The van der Waals surface area contributed by atoms with Crippen LogP contribution >= 0.6 is 23.1 Å². The van der Waals surface area contributed by atoms with Crippen LogP contribution in [0.3, 0.4) is 0 Å². The first kappa shape index (κ1) is 16.1. The van der Waals surface area contributed by atoms with Gasteiger partial charge in [-0.05, 0) is 18.9 Å². The Morgan fingerprint density at radius 2 is 2.22 bits per heavy atom. The van der Waals surface area contributed by atoms with Gasteiger partial charge in [-0.3, -0.25) is 4.79 Å². The fraction of sp³-hybridized carbons (Fsp3) is 0.400. The van der Waals surface area contributed by atoms with Gasteiger partial charge in [-0.1, -0.05) is 41.3 Å². The molecule has 8 heteroatoms. The predicted molar refractivity (Wildman–Crippen MR) is 92.1 cm³/mol. The lowest BCUT2D eigenvalue weighted by atomic mass is 10.2. The number of carbonyl (C=O) groups is 1. The first-order valence-electron chi connectivity index (χ1n) is 7.36. The summed E-state index contributed by atoms with van der Waals surface area (Å²) in [5.41, 5.74) is 0.959. The van der Waals surface area contributed by atoms with Crippen LogP contribution in [0.1, 0.15) is 18.4 Å². The van der Waals surface area contributed by atoms with Crippen LogP contribution < -0.4 is 15.4 Å². The molecule has 0 aliphatic heterocycles. The van der Waals surface area contributed by atoms with Crippen LogP contribution in [-0.2, 0) is 11.3 Å². The number of thioether (sulfide) groups is 1. The molecule has 23 heavy (non-hydrogen) atoms. The van der Waals surface area contributed by atoms with E-state index in [2.05, 4.69) is 20.8 Å². The molecule has 1 saturated carbocycles. The zero-order valence-corrected chi connectivity index (χ0v) is 14.4. The molecule has 1 aromatic heterocycles. The topological polar surface area (TPSA) is 76.1 Å². The van der Waals surface area contributed by atoms with Crippen LogP contribution in [0.15, 0.2) is 28.6 Å². The maximum Gasteiger partial charge on any atom is 0.230 e. The van der Waals surface area contributed by atoms with Crippen molar-refractivity contribution in [3.8, 4) is 5.75 Å². The van der Waals surface area contributed by atoms with E-state index in [1.807, 2.05) is 24.3 Å². The second-order valence-electron chi connectivity index (χ2n) is 5.17. The monoisotopic (exact) mass is 350 g/mol. The molecular weight excluding hydrogens is 332 g/mol. The van der Waals surface area contributed by atoms with E-state index >= 15 is 0 Å². The quantitative estimate of drug-likeness (QED) is 0.713. The van der Waals surface area contributed by atoms with Crippen molar-refractivity contribution >= 4 is 34.1 Å². The van der Waals surface area contributed by atoms with E-state index in [1.54, 1.807) is 7.11 Å². The first-order valence-corrected chi connectivity index (χ1v) is 9.16. The van der Waals surface area contributed by atoms with Crippen LogP contribution in [0.4, 0.5) is 5.13 Å². The third-order valence-electron chi connectivity index (χ3n) is 3.31. The Bertz CT molecular complexity index is 673. The van der Waals surface area contributed by atoms with Crippen molar-refractivity contribution in [2.75, 3.05) is 18.2 Å². The Morgan fingerprint density at radius 1 is 1.39 bits per heavy atom. The van der Waals surface area contributed by atoms with Gasteiger partial charge in [-0.25, -0.2) is 0 Å². The number of hydrogen-bond donors (Lipinski definition) is 2. The molecule has 1 aliphatic carbocycles. The second-order valence-corrected chi connectivity index (χ2v) is 7.37. The molecule has 122 valence electrons. The van der Waals surface area contributed by atoms with E-state index in [0.29, 0.717) is 18.3 Å². The minimum Gasteiger partial charge on any atom is -0.496 e.